The predicted octanol–water partition coefficient (Wildman–Crippen LogP) is 2.63. The van der Waals surface area contributed by atoms with Gasteiger partial charge in [0.15, 0.2) is 6.40 Å². The second-order valence-electron chi connectivity index (χ2n) is 5.51. The smallest absolute Gasteiger partial charge is 0.170 e. The number of rotatable bonds is 1. The van der Waals surface area contributed by atoms with Crippen LogP contribution in [0.1, 0.15) is 39.5 Å². The van der Waals surface area contributed by atoms with E-state index in [9.17, 15) is 0 Å². The van der Waals surface area contributed by atoms with Crippen molar-refractivity contribution in [1.29, 1.82) is 0 Å². The molecular weight excluding hydrogens is 174 g/mol. The molecule has 2 nitrogen and oxygen atoms in total. The number of hydrogen-bond donors (Lipinski definition) is 0. The Labute approximate surface area is 85.7 Å². The summed E-state index contributed by atoms with van der Waals surface area (Å²) < 4.78 is 5.68. The summed E-state index contributed by atoms with van der Waals surface area (Å²) in [5, 5.41) is 0. The molecule has 2 saturated carbocycles. The molecular formula is C12H19NO. The molecule has 3 rings (SSSR count). The van der Waals surface area contributed by atoms with E-state index in [4.69, 9.17) is 4.74 Å². The molecule has 2 aliphatic carbocycles. The van der Waals surface area contributed by atoms with Gasteiger partial charge in [-0.2, -0.15) is 0 Å². The molecule has 2 fully saturated rings. The van der Waals surface area contributed by atoms with E-state index in [0.29, 0.717) is 17.6 Å². The first-order valence-corrected chi connectivity index (χ1v) is 5.93. The fourth-order valence-corrected chi connectivity index (χ4v) is 4.21. The zero-order chi connectivity index (χ0) is 9.76. The van der Waals surface area contributed by atoms with Crippen molar-refractivity contribution in [3.63, 3.8) is 0 Å². The van der Waals surface area contributed by atoms with E-state index < -0.39 is 0 Å². The number of ether oxygens (including phenoxy) is 1. The highest BCUT2D eigenvalue weighted by Crippen LogP contribution is 2.62. The van der Waals surface area contributed by atoms with Crippen LogP contribution in [-0.2, 0) is 4.74 Å². The summed E-state index contributed by atoms with van der Waals surface area (Å²) >= 11 is 0. The summed E-state index contributed by atoms with van der Waals surface area (Å²) in [5.74, 6) is 1.54. The van der Waals surface area contributed by atoms with Gasteiger partial charge in [0.25, 0.3) is 0 Å². The van der Waals surface area contributed by atoms with E-state index in [-0.39, 0.29) is 0 Å². The molecule has 3 aliphatic rings. The summed E-state index contributed by atoms with van der Waals surface area (Å²) in [4.78, 5) is 4.48. The Kier molecular flexibility index (Phi) is 1.71. The quantitative estimate of drug-likeness (QED) is 0.627. The van der Waals surface area contributed by atoms with E-state index in [1.807, 2.05) is 0 Å². The Hall–Kier alpha value is -0.530. The standard InChI is InChI=1S/C12H19NO/c1-8(2)9-10-11(14-7-13-10)12(9)5-3-4-6-12/h7-11H,3-6H2,1-2H3/t9?,10-,11?/m1/s1. The van der Waals surface area contributed by atoms with Crippen molar-refractivity contribution >= 4 is 6.40 Å². The maximum absolute atomic E-state index is 5.68. The normalized spacial score (nSPS) is 42.6. The van der Waals surface area contributed by atoms with Gasteiger partial charge in [0, 0.05) is 5.41 Å². The Morgan fingerprint density at radius 2 is 2.07 bits per heavy atom. The van der Waals surface area contributed by atoms with Crippen molar-refractivity contribution < 1.29 is 4.74 Å². The van der Waals surface area contributed by atoms with E-state index in [2.05, 4.69) is 18.8 Å². The van der Waals surface area contributed by atoms with E-state index in [0.717, 1.165) is 11.8 Å². The minimum atomic E-state index is 0.442. The van der Waals surface area contributed by atoms with Crippen molar-refractivity contribution in [2.75, 3.05) is 0 Å². The average Bonchev–Trinajstić information content (AvgIpc) is 2.68. The van der Waals surface area contributed by atoms with Gasteiger partial charge in [-0.25, -0.2) is 0 Å². The highest BCUT2D eigenvalue weighted by atomic mass is 16.5. The molecule has 1 heterocycles. The van der Waals surface area contributed by atoms with Crippen LogP contribution in [0.25, 0.3) is 0 Å². The molecule has 78 valence electrons. The van der Waals surface area contributed by atoms with Gasteiger partial charge < -0.3 is 4.74 Å². The lowest BCUT2D eigenvalue weighted by Gasteiger charge is -2.56. The largest absolute Gasteiger partial charge is 0.477 e. The molecule has 2 unspecified atom stereocenters. The van der Waals surface area contributed by atoms with Gasteiger partial charge in [-0.1, -0.05) is 26.7 Å². The monoisotopic (exact) mass is 193 g/mol. The molecule has 3 atom stereocenters. The molecule has 1 spiro atoms. The third-order valence-electron chi connectivity index (χ3n) is 4.60. The summed E-state index contributed by atoms with van der Waals surface area (Å²) in [6.07, 6.45) is 7.70. The van der Waals surface area contributed by atoms with Crippen LogP contribution in [0.2, 0.25) is 0 Å². The molecule has 2 heteroatoms. The third-order valence-corrected chi connectivity index (χ3v) is 4.60. The summed E-state index contributed by atoms with van der Waals surface area (Å²) in [6, 6.07) is 0.494. The zero-order valence-corrected chi connectivity index (χ0v) is 9.07. The van der Waals surface area contributed by atoms with Crippen molar-refractivity contribution in [2.45, 2.75) is 51.7 Å². The maximum Gasteiger partial charge on any atom is 0.170 e. The Balaban J connectivity index is 1.89. The van der Waals surface area contributed by atoms with Gasteiger partial charge in [0.1, 0.15) is 6.10 Å². The fourth-order valence-electron chi connectivity index (χ4n) is 4.21. The lowest BCUT2D eigenvalue weighted by molar-refractivity contribution is -0.128. The minimum Gasteiger partial charge on any atom is -0.477 e. The van der Waals surface area contributed by atoms with Crippen LogP contribution < -0.4 is 0 Å². The van der Waals surface area contributed by atoms with Crippen LogP contribution in [0.15, 0.2) is 4.99 Å². The van der Waals surface area contributed by atoms with Crippen LogP contribution in [0.3, 0.4) is 0 Å². The van der Waals surface area contributed by atoms with Crippen LogP contribution in [0.4, 0.5) is 0 Å². The van der Waals surface area contributed by atoms with Crippen molar-refractivity contribution in [1.82, 2.24) is 0 Å². The first-order valence-electron chi connectivity index (χ1n) is 5.93. The Morgan fingerprint density at radius 1 is 1.36 bits per heavy atom. The van der Waals surface area contributed by atoms with Gasteiger partial charge in [-0.05, 0) is 24.7 Å². The van der Waals surface area contributed by atoms with Crippen LogP contribution in [0, 0.1) is 17.3 Å². The SMILES string of the molecule is CC(C)C1[C@H]2N=COC2C12CCCC2. The number of hydrogen-bond acceptors (Lipinski definition) is 2. The topological polar surface area (TPSA) is 21.6 Å². The second kappa shape index (κ2) is 2.74. The van der Waals surface area contributed by atoms with Crippen molar-refractivity contribution in [3.8, 4) is 0 Å². The molecule has 0 aromatic rings. The molecule has 1 aliphatic heterocycles. The molecule has 0 aromatic carbocycles. The fraction of sp³-hybridized carbons (Fsp3) is 0.917. The van der Waals surface area contributed by atoms with Gasteiger partial charge in [0.05, 0.1) is 6.04 Å². The lowest BCUT2D eigenvalue weighted by atomic mass is 9.50. The highest BCUT2D eigenvalue weighted by molar-refractivity contribution is 5.52. The predicted molar refractivity (Wildman–Crippen MR) is 56.4 cm³/mol. The summed E-state index contributed by atoms with van der Waals surface area (Å²) in [6.45, 7) is 4.68. The molecule has 0 saturated heterocycles. The third kappa shape index (κ3) is 0.850. The number of fused-ring (bicyclic) bond motifs is 2. The Bertz CT molecular complexity index is 265. The summed E-state index contributed by atoms with van der Waals surface area (Å²) in [7, 11) is 0. The first-order chi connectivity index (χ1) is 6.76. The lowest BCUT2D eigenvalue weighted by Crippen LogP contribution is -2.63. The number of aliphatic imine (C=N–C) groups is 1. The van der Waals surface area contributed by atoms with Crippen molar-refractivity contribution in [2.24, 2.45) is 22.2 Å². The van der Waals surface area contributed by atoms with Crippen LogP contribution in [0.5, 0.6) is 0 Å². The molecule has 0 bridgehead atoms. The Morgan fingerprint density at radius 3 is 2.71 bits per heavy atom. The van der Waals surface area contributed by atoms with Gasteiger partial charge in [-0.15, -0.1) is 0 Å². The maximum atomic E-state index is 5.68. The molecule has 0 N–H and O–H groups in total. The average molecular weight is 193 g/mol. The minimum absolute atomic E-state index is 0.442. The van der Waals surface area contributed by atoms with Gasteiger partial charge >= 0.3 is 0 Å². The van der Waals surface area contributed by atoms with E-state index >= 15 is 0 Å². The van der Waals surface area contributed by atoms with E-state index in [1.165, 1.54) is 25.7 Å². The number of nitrogens with zero attached hydrogens (tertiary/aromatic N) is 1. The summed E-state index contributed by atoms with van der Waals surface area (Å²) in [5.41, 5.74) is 0.509. The van der Waals surface area contributed by atoms with Crippen molar-refractivity contribution in [3.05, 3.63) is 0 Å². The zero-order valence-electron chi connectivity index (χ0n) is 9.07. The van der Waals surface area contributed by atoms with E-state index in [1.54, 1.807) is 6.40 Å². The molecule has 0 amide bonds. The highest BCUT2D eigenvalue weighted by Gasteiger charge is 2.65. The first kappa shape index (κ1) is 8.75. The van der Waals surface area contributed by atoms with Gasteiger partial charge in [0.2, 0.25) is 0 Å². The molecule has 0 aromatic heterocycles. The van der Waals surface area contributed by atoms with Crippen LogP contribution in [-0.4, -0.2) is 18.5 Å². The second-order valence-corrected chi connectivity index (χ2v) is 5.51. The molecule has 0 radical (unpaired) electrons. The van der Waals surface area contributed by atoms with Crippen LogP contribution >= 0.6 is 0 Å². The molecule has 14 heavy (non-hydrogen) atoms. The van der Waals surface area contributed by atoms with Gasteiger partial charge in [-0.3, -0.25) is 4.99 Å².